The van der Waals surface area contributed by atoms with Gasteiger partial charge in [-0.15, -0.1) is 0 Å². The maximum atomic E-state index is 14.0. The van der Waals surface area contributed by atoms with E-state index in [9.17, 15) is 4.39 Å². The smallest absolute Gasteiger partial charge is 0.134 e. The van der Waals surface area contributed by atoms with E-state index in [2.05, 4.69) is 5.43 Å². The van der Waals surface area contributed by atoms with Crippen molar-refractivity contribution in [1.29, 1.82) is 0 Å². The third-order valence-corrected chi connectivity index (χ3v) is 3.65. The van der Waals surface area contributed by atoms with Gasteiger partial charge >= 0.3 is 0 Å². The van der Waals surface area contributed by atoms with Gasteiger partial charge in [-0.05, 0) is 43.3 Å². The van der Waals surface area contributed by atoms with Gasteiger partial charge in [0.1, 0.15) is 23.2 Å². The molecule has 3 N–H and O–H groups in total. The lowest BCUT2D eigenvalue weighted by Crippen LogP contribution is -2.29. The Kier molecular flexibility index (Phi) is 3.68. The summed E-state index contributed by atoms with van der Waals surface area (Å²) in [6, 6.07) is 11.5. The lowest BCUT2D eigenvalue weighted by molar-refractivity contribution is 0.462. The molecule has 0 aliphatic carbocycles. The van der Waals surface area contributed by atoms with E-state index in [0.717, 1.165) is 16.5 Å². The Balaban J connectivity index is 2.11. The van der Waals surface area contributed by atoms with Crippen LogP contribution in [0.1, 0.15) is 22.9 Å². The number of benzene rings is 2. The monoisotopic (exact) mass is 304 g/mol. The molecule has 0 radical (unpaired) electrons. The predicted molar refractivity (Wildman–Crippen MR) is 81.5 cm³/mol. The van der Waals surface area contributed by atoms with Crippen LogP contribution >= 0.6 is 11.6 Å². The standard InChI is InChI=1S/C16H14ClFN2O/c1-9-2-5-14-10(6-9)7-15(21-14)16(20-19)12-8-11(17)3-4-13(12)18/h2-8,16,20H,19H2,1H3. The van der Waals surface area contributed by atoms with Crippen molar-refractivity contribution < 1.29 is 8.81 Å². The Morgan fingerprint density at radius 3 is 2.76 bits per heavy atom. The Morgan fingerprint density at radius 1 is 1.19 bits per heavy atom. The van der Waals surface area contributed by atoms with Gasteiger partial charge in [-0.3, -0.25) is 5.84 Å². The van der Waals surface area contributed by atoms with E-state index >= 15 is 0 Å². The molecule has 2 aromatic carbocycles. The fraction of sp³-hybridized carbons (Fsp3) is 0.125. The molecule has 0 spiro atoms. The first-order valence-corrected chi connectivity index (χ1v) is 6.87. The first-order valence-electron chi connectivity index (χ1n) is 6.49. The number of fused-ring (bicyclic) bond motifs is 1. The van der Waals surface area contributed by atoms with Crippen LogP contribution in [0.2, 0.25) is 5.02 Å². The number of halogens is 2. The first kappa shape index (κ1) is 14.1. The predicted octanol–water partition coefficient (Wildman–Crippen LogP) is 4.09. The number of aryl methyl sites for hydroxylation is 1. The summed E-state index contributed by atoms with van der Waals surface area (Å²) in [5, 5.41) is 1.39. The summed E-state index contributed by atoms with van der Waals surface area (Å²) in [7, 11) is 0. The van der Waals surface area contributed by atoms with E-state index in [4.69, 9.17) is 21.9 Å². The number of rotatable bonds is 3. The van der Waals surface area contributed by atoms with Gasteiger partial charge in [-0.2, -0.15) is 0 Å². The summed E-state index contributed by atoms with van der Waals surface area (Å²) >= 11 is 5.94. The Morgan fingerprint density at radius 2 is 2.00 bits per heavy atom. The van der Waals surface area contributed by atoms with Crippen molar-refractivity contribution in [2.45, 2.75) is 13.0 Å². The van der Waals surface area contributed by atoms with Crippen molar-refractivity contribution in [3.8, 4) is 0 Å². The van der Waals surface area contributed by atoms with Crippen molar-refractivity contribution in [2.75, 3.05) is 0 Å². The molecule has 0 fully saturated rings. The Hall–Kier alpha value is -1.88. The van der Waals surface area contributed by atoms with Gasteiger partial charge in [0.15, 0.2) is 0 Å². The molecule has 0 saturated carbocycles. The molecular weight excluding hydrogens is 291 g/mol. The summed E-state index contributed by atoms with van der Waals surface area (Å²) in [6.07, 6.45) is 0. The third-order valence-electron chi connectivity index (χ3n) is 3.41. The van der Waals surface area contributed by atoms with E-state index in [1.165, 1.54) is 12.1 Å². The van der Waals surface area contributed by atoms with Crippen molar-refractivity contribution in [2.24, 2.45) is 5.84 Å². The number of hydrazine groups is 1. The minimum absolute atomic E-state index is 0.348. The van der Waals surface area contributed by atoms with Crippen LogP contribution in [0.4, 0.5) is 4.39 Å². The lowest BCUT2D eigenvalue weighted by atomic mass is 10.0. The van der Waals surface area contributed by atoms with Crippen LogP contribution in [0.5, 0.6) is 0 Å². The second kappa shape index (κ2) is 5.48. The molecule has 0 amide bonds. The van der Waals surface area contributed by atoms with E-state index in [1.807, 2.05) is 31.2 Å². The number of furan rings is 1. The van der Waals surface area contributed by atoms with Crippen LogP contribution in [-0.2, 0) is 0 Å². The fourth-order valence-corrected chi connectivity index (χ4v) is 2.57. The van der Waals surface area contributed by atoms with Crippen LogP contribution in [0, 0.1) is 12.7 Å². The van der Waals surface area contributed by atoms with E-state index in [1.54, 1.807) is 6.07 Å². The zero-order valence-corrected chi connectivity index (χ0v) is 12.1. The summed E-state index contributed by atoms with van der Waals surface area (Å²) in [4.78, 5) is 0. The lowest BCUT2D eigenvalue weighted by Gasteiger charge is -2.14. The van der Waals surface area contributed by atoms with E-state index < -0.39 is 6.04 Å². The van der Waals surface area contributed by atoms with Crippen molar-refractivity contribution in [1.82, 2.24) is 5.43 Å². The topological polar surface area (TPSA) is 51.2 Å². The second-order valence-electron chi connectivity index (χ2n) is 4.96. The highest BCUT2D eigenvalue weighted by Crippen LogP contribution is 2.30. The molecule has 1 aromatic heterocycles. The minimum Gasteiger partial charge on any atom is -0.459 e. The van der Waals surface area contributed by atoms with Gasteiger partial charge in [0.05, 0.1) is 0 Å². The molecule has 1 atom stereocenters. The zero-order chi connectivity index (χ0) is 15.0. The number of hydrogen-bond acceptors (Lipinski definition) is 3. The summed E-state index contributed by atoms with van der Waals surface area (Å²) in [6.45, 7) is 2.00. The van der Waals surface area contributed by atoms with Crippen molar-refractivity contribution in [3.63, 3.8) is 0 Å². The maximum absolute atomic E-state index is 14.0. The minimum atomic E-state index is -0.601. The van der Waals surface area contributed by atoms with Crippen LogP contribution in [0.3, 0.4) is 0 Å². The maximum Gasteiger partial charge on any atom is 0.134 e. The van der Waals surface area contributed by atoms with Gasteiger partial charge in [0.2, 0.25) is 0 Å². The molecule has 1 unspecified atom stereocenters. The molecule has 3 rings (SSSR count). The number of nitrogens with one attached hydrogen (secondary N) is 1. The zero-order valence-electron chi connectivity index (χ0n) is 11.4. The molecule has 3 aromatic rings. The largest absolute Gasteiger partial charge is 0.459 e. The Bertz CT molecular complexity index is 800. The van der Waals surface area contributed by atoms with E-state index in [0.29, 0.717) is 16.3 Å². The van der Waals surface area contributed by atoms with Crippen LogP contribution in [-0.4, -0.2) is 0 Å². The number of hydrogen-bond donors (Lipinski definition) is 2. The quantitative estimate of drug-likeness (QED) is 0.566. The van der Waals surface area contributed by atoms with Crippen LogP contribution in [0.15, 0.2) is 46.9 Å². The van der Waals surface area contributed by atoms with Gasteiger partial charge in [-0.1, -0.05) is 23.2 Å². The average molecular weight is 305 g/mol. The van der Waals surface area contributed by atoms with Crippen molar-refractivity contribution in [3.05, 3.63) is 70.2 Å². The molecule has 3 nitrogen and oxygen atoms in total. The Labute approximate surface area is 126 Å². The molecule has 0 saturated heterocycles. The second-order valence-corrected chi connectivity index (χ2v) is 5.39. The normalized spacial score (nSPS) is 12.8. The van der Waals surface area contributed by atoms with Gasteiger partial charge in [0.25, 0.3) is 0 Å². The first-order chi connectivity index (χ1) is 10.1. The summed E-state index contributed by atoms with van der Waals surface area (Å²) < 4.78 is 19.8. The van der Waals surface area contributed by atoms with Crippen LogP contribution < -0.4 is 11.3 Å². The van der Waals surface area contributed by atoms with Gasteiger partial charge in [0, 0.05) is 16.0 Å². The van der Waals surface area contributed by atoms with Gasteiger partial charge < -0.3 is 4.42 Å². The number of nitrogens with two attached hydrogens (primary N) is 1. The van der Waals surface area contributed by atoms with Gasteiger partial charge in [-0.25, -0.2) is 9.82 Å². The highest BCUT2D eigenvalue weighted by molar-refractivity contribution is 6.30. The van der Waals surface area contributed by atoms with Crippen LogP contribution in [0.25, 0.3) is 11.0 Å². The summed E-state index contributed by atoms with van der Waals surface area (Å²) in [5.74, 6) is 5.74. The molecule has 1 heterocycles. The van der Waals surface area contributed by atoms with E-state index in [-0.39, 0.29) is 5.82 Å². The molecule has 21 heavy (non-hydrogen) atoms. The third kappa shape index (κ3) is 2.65. The molecule has 108 valence electrons. The molecule has 0 bridgehead atoms. The molecule has 5 heteroatoms. The molecular formula is C16H14ClFN2O. The molecule has 0 aliphatic heterocycles. The fourth-order valence-electron chi connectivity index (χ4n) is 2.39. The summed E-state index contributed by atoms with van der Waals surface area (Å²) in [5.41, 5.74) is 4.79. The highest BCUT2D eigenvalue weighted by Gasteiger charge is 2.21. The molecule has 0 aliphatic rings. The average Bonchev–Trinajstić information content (AvgIpc) is 2.86. The van der Waals surface area contributed by atoms with Crippen molar-refractivity contribution >= 4 is 22.6 Å². The SMILES string of the molecule is Cc1ccc2oc(C(NN)c3cc(Cl)ccc3F)cc2c1. The highest BCUT2D eigenvalue weighted by atomic mass is 35.5.